The van der Waals surface area contributed by atoms with Gasteiger partial charge in [-0.3, -0.25) is 14.5 Å². The molecule has 0 spiro atoms. The normalized spacial score (nSPS) is 12.0. The molecule has 1 unspecified atom stereocenters. The van der Waals surface area contributed by atoms with Crippen molar-refractivity contribution in [1.82, 2.24) is 4.90 Å². The highest BCUT2D eigenvalue weighted by atomic mass is 35.5. The monoisotopic (exact) mass is 376 g/mol. The van der Waals surface area contributed by atoms with Gasteiger partial charge in [-0.25, -0.2) is 0 Å². The summed E-state index contributed by atoms with van der Waals surface area (Å²) in [6.07, 6.45) is -0.231. The Bertz CT molecular complexity index is 722. The van der Waals surface area contributed by atoms with Gasteiger partial charge in [0.15, 0.2) is 0 Å². The Labute approximate surface area is 157 Å². The fourth-order valence-electron chi connectivity index (χ4n) is 2.58. The zero-order chi connectivity index (χ0) is 18.9. The van der Waals surface area contributed by atoms with E-state index in [2.05, 4.69) is 5.32 Å². The second-order valence-corrected chi connectivity index (χ2v) is 6.23. The summed E-state index contributed by atoms with van der Waals surface area (Å²) in [5, 5.41) is 22.1. The van der Waals surface area contributed by atoms with Gasteiger partial charge in [-0.05, 0) is 29.8 Å². The minimum absolute atomic E-state index is 0.153. The van der Waals surface area contributed by atoms with E-state index >= 15 is 0 Å². The quantitative estimate of drug-likeness (QED) is 0.626. The predicted molar refractivity (Wildman–Crippen MR) is 100 cm³/mol. The van der Waals surface area contributed by atoms with Gasteiger partial charge in [0.05, 0.1) is 13.0 Å². The SMILES string of the molecule is O=C(CC(C(=O)O)N(CCO)Cc1ccccc1)Nc1ccc(Cl)cc1. The summed E-state index contributed by atoms with van der Waals surface area (Å²) in [5.41, 5.74) is 1.45. The lowest BCUT2D eigenvalue weighted by atomic mass is 10.1. The first-order valence-corrected chi connectivity index (χ1v) is 8.54. The molecule has 0 radical (unpaired) electrons. The molecule has 3 N–H and O–H groups in total. The number of halogens is 1. The molecule has 2 aromatic carbocycles. The maximum Gasteiger partial charge on any atom is 0.321 e. The number of carbonyl (C=O) groups excluding carboxylic acids is 1. The van der Waals surface area contributed by atoms with E-state index in [4.69, 9.17) is 11.6 Å². The van der Waals surface area contributed by atoms with Gasteiger partial charge in [0.25, 0.3) is 0 Å². The highest BCUT2D eigenvalue weighted by molar-refractivity contribution is 6.30. The van der Waals surface area contributed by atoms with Crippen molar-refractivity contribution in [3.8, 4) is 0 Å². The minimum atomic E-state index is -1.11. The first kappa shape index (κ1) is 19.9. The van der Waals surface area contributed by atoms with Crippen molar-refractivity contribution < 1.29 is 19.8 Å². The number of benzene rings is 2. The fraction of sp³-hybridized carbons (Fsp3) is 0.263. The van der Waals surface area contributed by atoms with E-state index in [-0.39, 0.29) is 19.6 Å². The fourth-order valence-corrected chi connectivity index (χ4v) is 2.71. The van der Waals surface area contributed by atoms with E-state index in [0.29, 0.717) is 17.3 Å². The van der Waals surface area contributed by atoms with E-state index in [1.54, 1.807) is 29.2 Å². The zero-order valence-corrected chi connectivity index (χ0v) is 14.9. The number of nitrogens with zero attached hydrogens (tertiary/aromatic N) is 1. The Morgan fingerprint density at radius 2 is 1.73 bits per heavy atom. The molecule has 0 heterocycles. The standard InChI is InChI=1S/C19H21ClN2O4/c20-15-6-8-16(9-7-15)21-18(24)12-17(19(25)26)22(10-11-23)13-14-4-2-1-3-5-14/h1-9,17,23H,10-13H2,(H,21,24)(H,25,26). The summed E-state index contributed by atoms with van der Waals surface area (Å²) < 4.78 is 0. The summed E-state index contributed by atoms with van der Waals surface area (Å²) in [4.78, 5) is 25.6. The van der Waals surface area contributed by atoms with Gasteiger partial charge in [0, 0.05) is 23.8 Å². The topological polar surface area (TPSA) is 89.9 Å². The number of aliphatic carboxylic acids is 1. The molecule has 0 fully saturated rings. The van der Waals surface area contributed by atoms with Gasteiger partial charge < -0.3 is 15.5 Å². The lowest BCUT2D eigenvalue weighted by Crippen LogP contribution is -2.44. The van der Waals surface area contributed by atoms with Crippen molar-refractivity contribution in [3.05, 3.63) is 65.2 Å². The van der Waals surface area contributed by atoms with Crippen LogP contribution >= 0.6 is 11.6 Å². The Hall–Kier alpha value is -2.41. The number of amides is 1. The molecule has 1 amide bonds. The molecule has 2 rings (SSSR count). The third-order valence-electron chi connectivity index (χ3n) is 3.85. The smallest absolute Gasteiger partial charge is 0.321 e. The van der Waals surface area contributed by atoms with Crippen LogP contribution in [-0.4, -0.2) is 46.2 Å². The number of rotatable bonds is 9. The van der Waals surface area contributed by atoms with E-state index in [0.717, 1.165) is 5.56 Å². The van der Waals surface area contributed by atoms with Gasteiger partial charge in [0.1, 0.15) is 6.04 Å². The van der Waals surface area contributed by atoms with Crippen molar-refractivity contribution in [2.45, 2.75) is 19.0 Å². The molecule has 0 saturated carbocycles. The van der Waals surface area contributed by atoms with Gasteiger partial charge in [0.2, 0.25) is 5.91 Å². The van der Waals surface area contributed by atoms with Crippen LogP contribution in [0.25, 0.3) is 0 Å². The number of anilines is 1. The number of hydrogen-bond acceptors (Lipinski definition) is 4. The maximum absolute atomic E-state index is 12.3. The molecular weight excluding hydrogens is 356 g/mol. The van der Waals surface area contributed by atoms with E-state index in [1.807, 2.05) is 30.3 Å². The number of carbonyl (C=O) groups is 2. The third-order valence-corrected chi connectivity index (χ3v) is 4.10. The second kappa shape index (κ2) is 9.91. The average molecular weight is 377 g/mol. The number of aliphatic hydroxyl groups is 1. The largest absolute Gasteiger partial charge is 0.480 e. The molecule has 6 nitrogen and oxygen atoms in total. The molecule has 2 aromatic rings. The van der Waals surface area contributed by atoms with Crippen molar-refractivity contribution in [2.75, 3.05) is 18.5 Å². The lowest BCUT2D eigenvalue weighted by molar-refractivity contribution is -0.145. The second-order valence-electron chi connectivity index (χ2n) is 5.79. The first-order chi connectivity index (χ1) is 12.5. The van der Waals surface area contributed by atoms with Crippen LogP contribution in [0.15, 0.2) is 54.6 Å². The van der Waals surface area contributed by atoms with Gasteiger partial charge in [-0.15, -0.1) is 0 Å². The van der Waals surface area contributed by atoms with Crippen LogP contribution in [0.4, 0.5) is 5.69 Å². The molecule has 0 aliphatic heterocycles. The highest BCUT2D eigenvalue weighted by Crippen LogP contribution is 2.16. The maximum atomic E-state index is 12.3. The zero-order valence-electron chi connectivity index (χ0n) is 14.1. The minimum Gasteiger partial charge on any atom is -0.480 e. The van der Waals surface area contributed by atoms with Crippen molar-refractivity contribution in [2.24, 2.45) is 0 Å². The summed E-state index contributed by atoms with van der Waals surface area (Å²) in [6.45, 7) is 0.280. The summed E-state index contributed by atoms with van der Waals surface area (Å²) in [5.74, 6) is -1.53. The summed E-state index contributed by atoms with van der Waals surface area (Å²) >= 11 is 5.81. The molecule has 1 atom stereocenters. The van der Waals surface area contributed by atoms with Crippen molar-refractivity contribution in [3.63, 3.8) is 0 Å². The molecule has 0 aliphatic carbocycles. The molecular formula is C19H21ClN2O4. The predicted octanol–water partition coefficient (Wildman–Crippen LogP) is 2.62. The number of carboxylic acid groups (broad SMARTS) is 1. The van der Waals surface area contributed by atoms with Gasteiger partial charge >= 0.3 is 5.97 Å². The van der Waals surface area contributed by atoms with Crippen LogP contribution < -0.4 is 5.32 Å². The molecule has 0 aromatic heterocycles. The first-order valence-electron chi connectivity index (χ1n) is 8.16. The summed E-state index contributed by atoms with van der Waals surface area (Å²) in [6, 6.07) is 14.8. The van der Waals surface area contributed by atoms with Gasteiger partial charge in [-0.2, -0.15) is 0 Å². The van der Waals surface area contributed by atoms with Crippen molar-refractivity contribution in [1.29, 1.82) is 0 Å². The average Bonchev–Trinajstić information content (AvgIpc) is 2.62. The van der Waals surface area contributed by atoms with E-state index in [1.165, 1.54) is 0 Å². The number of hydrogen-bond donors (Lipinski definition) is 3. The molecule has 26 heavy (non-hydrogen) atoms. The number of nitrogens with one attached hydrogen (secondary N) is 1. The van der Waals surface area contributed by atoms with Crippen LogP contribution in [0, 0.1) is 0 Å². The molecule has 7 heteroatoms. The molecule has 0 aliphatic rings. The Balaban J connectivity index is 2.07. The van der Waals surface area contributed by atoms with Gasteiger partial charge in [-0.1, -0.05) is 41.9 Å². The van der Waals surface area contributed by atoms with Crippen LogP contribution in [0.1, 0.15) is 12.0 Å². The highest BCUT2D eigenvalue weighted by Gasteiger charge is 2.28. The number of aliphatic hydroxyl groups excluding tert-OH is 1. The Kier molecular flexibility index (Phi) is 7.59. The van der Waals surface area contributed by atoms with Crippen LogP contribution in [0.5, 0.6) is 0 Å². The summed E-state index contributed by atoms with van der Waals surface area (Å²) in [7, 11) is 0. The molecule has 138 valence electrons. The van der Waals surface area contributed by atoms with E-state index < -0.39 is 17.9 Å². The third kappa shape index (κ3) is 6.15. The lowest BCUT2D eigenvalue weighted by Gasteiger charge is -2.28. The van der Waals surface area contributed by atoms with Crippen LogP contribution in [-0.2, 0) is 16.1 Å². The van der Waals surface area contributed by atoms with E-state index in [9.17, 15) is 19.8 Å². The number of carboxylic acids is 1. The Morgan fingerprint density at radius 3 is 2.31 bits per heavy atom. The molecule has 0 saturated heterocycles. The molecule has 0 bridgehead atoms. The van der Waals surface area contributed by atoms with Crippen LogP contribution in [0.3, 0.4) is 0 Å². The Morgan fingerprint density at radius 1 is 1.08 bits per heavy atom. The van der Waals surface area contributed by atoms with Crippen molar-refractivity contribution >= 4 is 29.2 Å². The van der Waals surface area contributed by atoms with Crippen LogP contribution in [0.2, 0.25) is 5.02 Å².